The van der Waals surface area contributed by atoms with Crippen LogP contribution in [0.3, 0.4) is 0 Å². The molecule has 0 aliphatic rings. The molecule has 0 bridgehead atoms. The highest BCUT2D eigenvalue weighted by molar-refractivity contribution is 7.96. The molecule has 0 spiro atoms. The molecule has 0 rings (SSSR count). The third-order valence-corrected chi connectivity index (χ3v) is 5.08. The Bertz CT molecular complexity index is 257. The summed E-state index contributed by atoms with van der Waals surface area (Å²) < 4.78 is 6.23. The van der Waals surface area contributed by atoms with Crippen LogP contribution < -0.4 is 11.5 Å². The summed E-state index contributed by atoms with van der Waals surface area (Å²) in [5.41, 5.74) is 10.9. The van der Waals surface area contributed by atoms with E-state index in [2.05, 4.69) is 41.5 Å². The van der Waals surface area contributed by atoms with Gasteiger partial charge in [0.05, 0.1) is 6.92 Å². The predicted octanol–water partition coefficient (Wildman–Crippen LogP) is 3.77. The van der Waals surface area contributed by atoms with Gasteiger partial charge in [0.25, 0.3) is 0 Å². The van der Waals surface area contributed by atoms with Crippen molar-refractivity contribution in [2.24, 2.45) is 23.3 Å². The number of nitrogens with two attached hydrogens (primary N) is 2. The Kier molecular flexibility index (Phi) is 9.23. The minimum atomic E-state index is -0.237. The van der Waals surface area contributed by atoms with E-state index in [0.717, 1.165) is 38.8 Å². The van der Waals surface area contributed by atoms with Crippen LogP contribution in [0.4, 0.5) is 0 Å². The topological polar surface area (TPSA) is 61.3 Å². The van der Waals surface area contributed by atoms with Gasteiger partial charge in [-0.3, -0.25) is 0 Å². The largest absolute Gasteiger partial charge is 0.330 e. The molecule has 3 nitrogen and oxygen atoms in total. The van der Waals surface area contributed by atoms with E-state index in [9.17, 15) is 0 Å². The lowest BCUT2D eigenvalue weighted by atomic mass is 9.80. The molecule has 0 radical (unpaired) electrons. The first kappa shape index (κ1) is 20.1. The van der Waals surface area contributed by atoms with Gasteiger partial charge in [-0.2, -0.15) is 0 Å². The van der Waals surface area contributed by atoms with Crippen LogP contribution >= 0.6 is 12.0 Å². The molecule has 0 saturated heterocycles. The van der Waals surface area contributed by atoms with Crippen LogP contribution in [0.15, 0.2) is 0 Å². The predicted molar refractivity (Wildman–Crippen MR) is 91.4 cm³/mol. The lowest BCUT2D eigenvalue weighted by molar-refractivity contribution is 0.0565. The van der Waals surface area contributed by atoms with Crippen LogP contribution in [0.1, 0.15) is 60.3 Å². The number of hydrogen-bond donors (Lipinski definition) is 2. The Morgan fingerprint density at radius 1 is 1.10 bits per heavy atom. The highest BCUT2D eigenvalue weighted by Gasteiger charge is 2.38. The van der Waals surface area contributed by atoms with Gasteiger partial charge in [-0.05, 0) is 78.5 Å². The van der Waals surface area contributed by atoms with Gasteiger partial charge in [0.15, 0.2) is 0 Å². The van der Waals surface area contributed by atoms with Crippen molar-refractivity contribution in [3.63, 3.8) is 0 Å². The van der Waals surface area contributed by atoms with Crippen LogP contribution in [0.25, 0.3) is 0 Å². The van der Waals surface area contributed by atoms with Gasteiger partial charge in [-0.15, -0.1) is 0 Å². The van der Waals surface area contributed by atoms with E-state index in [1.807, 2.05) is 0 Å². The molecular weight excluding hydrogens is 268 g/mol. The molecule has 0 saturated carbocycles. The maximum absolute atomic E-state index is 6.14. The van der Waals surface area contributed by atoms with Crippen molar-refractivity contribution in [3.05, 3.63) is 6.92 Å². The van der Waals surface area contributed by atoms with Gasteiger partial charge in [-0.25, -0.2) is 0 Å². The molecule has 120 valence electrons. The van der Waals surface area contributed by atoms with Crippen LogP contribution in [-0.4, -0.2) is 23.4 Å². The van der Waals surface area contributed by atoms with E-state index in [-0.39, 0.29) is 16.3 Å². The summed E-state index contributed by atoms with van der Waals surface area (Å²) in [5, 5.41) is 0. The molecule has 4 heteroatoms. The van der Waals surface area contributed by atoms with E-state index in [1.54, 1.807) is 12.0 Å². The molecule has 0 aromatic rings. The van der Waals surface area contributed by atoms with E-state index in [1.165, 1.54) is 0 Å². The molecule has 2 unspecified atom stereocenters. The van der Waals surface area contributed by atoms with Gasteiger partial charge < -0.3 is 15.7 Å². The fraction of sp³-hybridized carbons (Fsp3) is 0.938. The van der Waals surface area contributed by atoms with Crippen molar-refractivity contribution in [2.75, 3.05) is 13.1 Å². The van der Waals surface area contributed by atoms with E-state index >= 15 is 0 Å². The van der Waals surface area contributed by atoms with Gasteiger partial charge in [0.1, 0.15) is 11.5 Å². The summed E-state index contributed by atoms with van der Waals surface area (Å²) in [6.07, 6.45) is 4.26. The summed E-state index contributed by atoms with van der Waals surface area (Å²) >= 11 is 1.57. The second-order valence-corrected chi connectivity index (χ2v) is 8.38. The zero-order valence-electron chi connectivity index (χ0n) is 14.1. The summed E-state index contributed by atoms with van der Waals surface area (Å²) in [6.45, 7) is 16.7. The van der Waals surface area contributed by atoms with E-state index in [4.69, 9.17) is 15.7 Å². The summed E-state index contributed by atoms with van der Waals surface area (Å²) in [4.78, 5) is 0. The molecule has 2 atom stereocenters. The maximum atomic E-state index is 6.14. The second-order valence-electron chi connectivity index (χ2n) is 6.94. The van der Waals surface area contributed by atoms with Crippen LogP contribution in [-0.2, 0) is 4.18 Å². The van der Waals surface area contributed by atoms with Gasteiger partial charge in [0, 0.05) is 10.7 Å². The molecule has 0 heterocycles. The first-order valence-corrected chi connectivity index (χ1v) is 8.50. The zero-order chi connectivity index (χ0) is 15.8. The van der Waals surface area contributed by atoms with E-state index in [0.29, 0.717) is 5.92 Å². The van der Waals surface area contributed by atoms with Crippen LogP contribution in [0, 0.1) is 18.8 Å². The minimum Gasteiger partial charge on any atom is -0.330 e. The molecule has 0 aliphatic carbocycles. The first-order valence-electron chi connectivity index (χ1n) is 7.76. The summed E-state index contributed by atoms with van der Waals surface area (Å²) in [7, 11) is 0. The van der Waals surface area contributed by atoms with Crippen molar-refractivity contribution in [3.8, 4) is 0 Å². The van der Waals surface area contributed by atoms with Gasteiger partial charge >= 0.3 is 0 Å². The molecule has 0 aromatic heterocycles. The van der Waals surface area contributed by atoms with Gasteiger partial charge in [0.2, 0.25) is 0 Å². The third-order valence-electron chi connectivity index (χ3n) is 3.91. The Morgan fingerprint density at radius 2 is 1.65 bits per heavy atom. The summed E-state index contributed by atoms with van der Waals surface area (Å²) in [6, 6.07) is 0. The SMILES string of the molecule is [CH2+]C(C(C)CCCN)C(C)(C)OSC(C)(C)CCCN. The monoisotopic (exact) mass is 303 g/mol. The molecule has 20 heavy (non-hydrogen) atoms. The average Bonchev–Trinajstić information content (AvgIpc) is 2.39. The highest BCUT2D eigenvalue weighted by atomic mass is 32.2. The van der Waals surface area contributed by atoms with E-state index < -0.39 is 0 Å². The Morgan fingerprint density at radius 3 is 2.15 bits per heavy atom. The van der Waals surface area contributed by atoms with Crippen molar-refractivity contribution >= 4 is 12.0 Å². The Hall–Kier alpha value is 0.1000. The van der Waals surface area contributed by atoms with Crippen molar-refractivity contribution < 1.29 is 4.18 Å². The molecule has 0 amide bonds. The third kappa shape index (κ3) is 7.77. The fourth-order valence-corrected chi connectivity index (χ4v) is 2.97. The van der Waals surface area contributed by atoms with Crippen LogP contribution in [0.5, 0.6) is 0 Å². The molecule has 0 aromatic carbocycles. The molecule has 4 N–H and O–H groups in total. The molecule has 0 fully saturated rings. The van der Waals surface area contributed by atoms with Crippen molar-refractivity contribution in [2.45, 2.75) is 70.7 Å². The van der Waals surface area contributed by atoms with Crippen molar-refractivity contribution in [1.29, 1.82) is 0 Å². The van der Waals surface area contributed by atoms with Crippen molar-refractivity contribution in [1.82, 2.24) is 0 Å². The first-order chi connectivity index (χ1) is 9.16. The Balaban J connectivity index is 4.34. The quantitative estimate of drug-likeness (QED) is 0.450. The Labute approximate surface area is 130 Å². The molecular formula is C16H35N2OS+. The standard InChI is InChI=1S/C16H35N2OS/c1-13(9-7-11-17)14(2)16(5,6)19-20-15(3,4)10-8-12-18/h13-14H,2,7-12,17-18H2,1,3-6H3/q+1. The zero-order valence-corrected chi connectivity index (χ0v) is 14.9. The molecule has 0 aliphatic heterocycles. The normalized spacial score (nSPS) is 16.1. The second kappa shape index (κ2) is 9.19. The van der Waals surface area contributed by atoms with Crippen LogP contribution in [0.2, 0.25) is 0 Å². The number of rotatable bonds is 11. The summed E-state index contributed by atoms with van der Waals surface area (Å²) in [5.74, 6) is 0.771. The maximum Gasteiger partial charge on any atom is 0.127 e. The smallest absolute Gasteiger partial charge is 0.127 e. The minimum absolute atomic E-state index is 0.0941. The lowest BCUT2D eigenvalue weighted by Gasteiger charge is -2.33. The lowest BCUT2D eigenvalue weighted by Crippen LogP contribution is -2.36. The fourth-order valence-electron chi connectivity index (χ4n) is 2.18. The van der Waals surface area contributed by atoms with Gasteiger partial charge in [-0.1, -0.05) is 6.92 Å². The highest BCUT2D eigenvalue weighted by Crippen LogP contribution is 2.38. The average molecular weight is 304 g/mol. The number of hydrogen-bond acceptors (Lipinski definition) is 4.